The van der Waals surface area contributed by atoms with Crippen molar-refractivity contribution in [3.8, 4) is 29.2 Å². The zero-order chi connectivity index (χ0) is 16.9. The highest BCUT2D eigenvalue weighted by atomic mass is 19.1. The molecule has 3 rings (SSSR count). The maximum Gasteiger partial charge on any atom is 0.223 e. The molecule has 0 atom stereocenters. The van der Waals surface area contributed by atoms with Crippen LogP contribution >= 0.6 is 0 Å². The van der Waals surface area contributed by atoms with Gasteiger partial charge in [0, 0.05) is 18.0 Å². The third-order valence-corrected chi connectivity index (χ3v) is 3.29. The summed E-state index contributed by atoms with van der Waals surface area (Å²) in [7, 11) is 0. The van der Waals surface area contributed by atoms with Crippen LogP contribution in [0.5, 0.6) is 11.6 Å². The minimum Gasteiger partial charge on any atom is -0.436 e. The summed E-state index contributed by atoms with van der Waals surface area (Å²) in [6.07, 6.45) is 2.33. The molecule has 0 N–H and O–H groups in total. The molecule has 0 fully saturated rings. The normalized spacial score (nSPS) is 10.2. The quantitative estimate of drug-likeness (QED) is 0.729. The lowest BCUT2D eigenvalue weighted by molar-refractivity contribution is 0.426. The van der Waals surface area contributed by atoms with Crippen molar-refractivity contribution in [1.82, 2.24) is 15.0 Å². The predicted octanol–water partition coefficient (Wildman–Crippen LogP) is 3.90. The van der Waals surface area contributed by atoms with Gasteiger partial charge >= 0.3 is 0 Å². The third kappa shape index (κ3) is 3.36. The molecule has 0 spiro atoms. The van der Waals surface area contributed by atoms with Crippen molar-refractivity contribution in [1.29, 1.82) is 5.26 Å². The van der Waals surface area contributed by atoms with Crippen LogP contribution in [0.2, 0.25) is 0 Å². The molecule has 0 unspecified atom stereocenters. The summed E-state index contributed by atoms with van der Waals surface area (Å²) in [5.41, 5.74) is 1.60. The third-order valence-electron chi connectivity index (χ3n) is 3.29. The van der Waals surface area contributed by atoms with E-state index < -0.39 is 5.82 Å². The number of aryl methyl sites for hydroxylation is 1. The van der Waals surface area contributed by atoms with E-state index in [4.69, 9.17) is 10.00 Å². The van der Waals surface area contributed by atoms with Crippen LogP contribution in [0.4, 0.5) is 4.39 Å². The van der Waals surface area contributed by atoms with E-state index in [-0.39, 0.29) is 17.2 Å². The molecule has 5 nitrogen and oxygen atoms in total. The molecule has 0 radical (unpaired) electrons. The smallest absolute Gasteiger partial charge is 0.223 e. The Bertz CT molecular complexity index is 907. The average molecular weight is 320 g/mol. The highest BCUT2D eigenvalue weighted by Crippen LogP contribution is 2.26. The van der Waals surface area contributed by atoms with E-state index in [9.17, 15) is 4.39 Å². The number of nitrogens with zero attached hydrogens (tertiary/aromatic N) is 4. The van der Waals surface area contributed by atoms with Crippen molar-refractivity contribution in [2.75, 3.05) is 0 Å². The van der Waals surface area contributed by atoms with Crippen molar-refractivity contribution >= 4 is 0 Å². The SMILES string of the molecule is CCc1cc(Oc2ccc(C#N)cc2F)nc(-c2ccccn2)n1. The Balaban J connectivity index is 1.98. The van der Waals surface area contributed by atoms with Gasteiger partial charge < -0.3 is 4.74 Å². The van der Waals surface area contributed by atoms with Crippen molar-refractivity contribution in [3.63, 3.8) is 0 Å². The summed E-state index contributed by atoms with van der Waals surface area (Å²) in [5.74, 6) is 0.0249. The highest BCUT2D eigenvalue weighted by Gasteiger charge is 2.11. The minimum absolute atomic E-state index is 0.00160. The molecular weight excluding hydrogens is 307 g/mol. The van der Waals surface area contributed by atoms with E-state index in [1.165, 1.54) is 12.1 Å². The van der Waals surface area contributed by atoms with Gasteiger partial charge in [0.2, 0.25) is 5.88 Å². The fourth-order valence-electron chi connectivity index (χ4n) is 2.08. The molecule has 0 amide bonds. The number of ether oxygens (including phenoxy) is 1. The fourth-order valence-corrected chi connectivity index (χ4v) is 2.08. The Morgan fingerprint density at radius 2 is 2.04 bits per heavy atom. The topological polar surface area (TPSA) is 71.7 Å². The summed E-state index contributed by atoms with van der Waals surface area (Å²) in [4.78, 5) is 12.9. The highest BCUT2D eigenvalue weighted by molar-refractivity contribution is 5.50. The number of rotatable bonds is 4. The van der Waals surface area contributed by atoms with Gasteiger partial charge in [-0.25, -0.2) is 9.37 Å². The van der Waals surface area contributed by atoms with Crippen LogP contribution in [0, 0.1) is 17.1 Å². The summed E-state index contributed by atoms with van der Waals surface area (Å²) >= 11 is 0. The Hall–Kier alpha value is -3.33. The van der Waals surface area contributed by atoms with E-state index in [1.54, 1.807) is 24.4 Å². The summed E-state index contributed by atoms with van der Waals surface area (Å²) in [6.45, 7) is 1.95. The summed E-state index contributed by atoms with van der Waals surface area (Å²) in [6, 6.07) is 13.0. The van der Waals surface area contributed by atoms with Crippen molar-refractivity contribution in [2.45, 2.75) is 13.3 Å². The molecule has 0 aliphatic carbocycles. The molecule has 0 aliphatic rings. The van der Waals surface area contributed by atoms with Crippen LogP contribution < -0.4 is 4.74 Å². The van der Waals surface area contributed by atoms with Crippen molar-refractivity contribution < 1.29 is 9.13 Å². The van der Waals surface area contributed by atoms with Crippen LogP contribution in [-0.2, 0) is 6.42 Å². The molecule has 0 saturated heterocycles. The van der Waals surface area contributed by atoms with Gasteiger partial charge in [-0.3, -0.25) is 4.98 Å². The Morgan fingerprint density at radius 1 is 1.17 bits per heavy atom. The lowest BCUT2D eigenvalue weighted by Crippen LogP contribution is -2.00. The van der Waals surface area contributed by atoms with E-state index in [2.05, 4.69) is 15.0 Å². The van der Waals surface area contributed by atoms with Crippen molar-refractivity contribution in [3.05, 3.63) is 65.7 Å². The van der Waals surface area contributed by atoms with E-state index in [0.717, 1.165) is 11.8 Å². The van der Waals surface area contributed by atoms with Gasteiger partial charge in [-0.15, -0.1) is 0 Å². The van der Waals surface area contributed by atoms with Gasteiger partial charge in [0.1, 0.15) is 5.69 Å². The molecule has 3 aromatic rings. The number of aromatic nitrogens is 3. The second kappa shape index (κ2) is 6.84. The molecule has 0 aliphatic heterocycles. The molecule has 0 bridgehead atoms. The van der Waals surface area contributed by atoms with Crippen LogP contribution in [0.1, 0.15) is 18.2 Å². The molecule has 2 heterocycles. The number of hydrogen-bond donors (Lipinski definition) is 0. The van der Waals surface area contributed by atoms with Crippen LogP contribution in [0.15, 0.2) is 48.7 Å². The first-order valence-corrected chi connectivity index (χ1v) is 7.36. The molecule has 2 aromatic heterocycles. The zero-order valence-electron chi connectivity index (χ0n) is 12.9. The molecule has 0 saturated carbocycles. The number of hydrogen-bond acceptors (Lipinski definition) is 5. The number of pyridine rings is 1. The van der Waals surface area contributed by atoms with Crippen molar-refractivity contribution in [2.24, 2.45) is 0 Å². The van der Waals surface area contributed by atoms with Gasteiger partial charge in [0.15, 0.2) is 17.4 Å². The van der Waals surface area contributed by atoms with Gasteiger partial charge in [-0.1, -0.05) is 13.0 Å². The molecule has 1 aromatic carbocycles. The molecule has 6 heteroatoms. The number of halogens is 1. The van der Waals surface area contributed by atoms with Gasteiger partial charge in [-0.2, -0.15) is 10.2 Å². The second-order valence-electron chi connectivity index (χ2n) is 4.95. The lowest BCUT2D eigenvalue weighted by Gasteiger charge is -2.09. The first-order chi connectivity index (χ1) is 11.7. The monoisotopic (exact) mass is 320 g/mol. The maximum atomic E-state index is 14.0. The van der Waals surface area contributed by atoms with Crippen LogP contribution in [-0.4, -0.2) is 15.0 Å². The largest absolute Gasteiger partial charge is 0.436 e. The average Bonchev–Trinajstić information content (AvgIpc) is 2.63. The van der Waals surface area contributed by atoms with E-state index in [0.29, 0.717) is 17.9 Å². The summed E-state index contributed by atoms with van der Waals surface area (Å²) < 4.78 is 19.5. The van der Waals surface area contributed by atoms with Gasteiger partial charge in [-0.05, 0) is 36.8 Å². The standard InChI is InChI=1S/C18H13FN4O/c1-2-13-10-17(23-18(22-13)15-5-3-4-8-21-15)24-16-7-6-12(11-20)9-14(16)19/h3-10H,2H2,1H3. The Labute approximate surface area is 138 Å². The summed E-state index contributed by atoms with van der Waals surface area (Å²) in [5, 5.41) is 8.79. The maximum absolute atomic E-state index is 14.0. The van der Waals surface area contributed by atoms with Crippen LogP contribution in [0.25, 0.3) is 11.5 Å². The van der Waals surface area contributed by atoms with E-state index in [1.807, 2.05) is 19.1 Å². The van der Waals surface area contributed by atoms with Crippen LogP contribution in [0.3, 0.4) is 0 Å². The minimum atomic E-state index is -0.620. The van der Waals surface area contributed by atoms with E-state index >= 15 is 0 Å². The second-order valence-corrected chi connectivity index (χ2v) is 4.95. The molecule has 24 heavy (non-hydrogen) atoms. The zero-order valence-corrected chi connectivity index (χ0v) is 12.9. The number of benzene rings is 1. The van der Waals surface area contributed by atoms with Gasteiger partial charge in [0.05, 0.1) is 11.6 Å². The first-order valence-electron chi connectivity index (χ1n) is 7.36. The molecule has 118 valence electrons. The van der Waals surface area contributed by atoms with Gasteiger partial charge in [0.25, 0.3) is 0 Å². The lowest BCUT2D eigenvalue weighted by atomic mass is 10.2. The fraction of sp³-hybridized carbons (Fsp3) is 0.111. The molecular formula is C18H13FN4O. The predicted molar refractivity (Wildman–Crippen MR) is 85.8 cm³/mol. The Morgan fingerprint density at radius 3 is 2.71 bits per heavy atom. The Kier molecular flexibility index (Phi) is 4.43. The first kappa shape index (κ1) is 15.6. The number of nitriles is 1.